The van der Waals surface area contributed by atoms with Gasteiger partial charge in [0.15, 0.2) is 0 Å². The van der Waals surface area contributed by atoms with Crippen LogP contribution in [0, 0.1) is 0 Å². The van der Waals surface area contributed by atoms with E-state index in [1.54, 1.807) is 36.9 Å². The Hall–Kier alpha value is -1.52. The molecule has 0 aromatic carbocycles. The number of pyridine rings is 1. The molecule has 2 aromatic rings. The van der Waals surface area contributed by atoms with E-state index in [4.69, 9.17) is 11.6 Å². The van der Waals surface area contributed by atoms with Crippen LogP contribution in [0.25, 0.3) is 0 Å². The van der Waals surface area contributed by atoms with E-state index < -0.39 is 6.10 Å². The normalized spacial score (nSPS) is 12.4. The minimum absolute atomic E-state index is 0.438. The molecule has 0 aliphatic carbocycles. The molecule has 0 bridgehead atoms. The van der Waals surface area contributed by atoms with Crippen molar-refractivity contribution in [3.8, 4) is 0 Å². The first-order valence-corrected chi connectivity index (χ1v) is 5.18. The molecule has 1 unspecified atom stereocenters. The number of halogens is 1. The average molecular weight is 236 g/mol. The lowest BCUT2D eigenvalue weighted by atomic mass is 10.0. The maximum Gasteiger partial charge on any atom is 0.0846 e. The van der Waals surface area contributed by atoms with E-state index in [-0.39, 0.29) is 0 Å². The van der Waals surface area contributed by atoms with Crippen LogP contribution in [0.5, 0.6) is 0 Å². The summed E-state index contributed by atoms with van der Waals surface area (Å²) >= 11 is 5.95. The molecule has 0 aliphatic heterocycles. The van der Waals surface area contributed by atoms with Crippen molar-refractivity contribution >= 4 is 11.6 Å². The first kappa shape index (κ1) is 11.0. The first-order valence-electron chi connectivity index (χ1n) is 4.80. The smallest absolute Gasteiger partial charge is 0.0846 e. The van der Waals surface area contributed by atoms with Crippen LogP contribution in [-0.2, 0) is 6.42 Å². The molecule has 0 amide bonds. The third kappa shape index (κ3) is 2.53. The van der Waals surface area contributed by atoms with Crippen molar-refractivity contribution in [3.63, 3.8) is 0 Å². The van der Waals surface area contributed by atoms with E-state index in [9.17, 15) is 5.11 Å². The highest BCUT2D eigenvalue weighted by atomic mass is 35.5. The molecule has 0 radical (unpaired) electrons. The van der Waals surface area contributed by atoms with Crippen molar-refractivity contribution in [1.29, 1.82) is 0 Å². The standard InChI is InChI=1S/C11H10ClN3O/c12-10-7-13-3-1-8(10)5-11(16)9-2-4-14-15-6-9/h1-4,6-7,11,16H,5H2. The number of hydrogen-bond donors (Lipinski definition) is 1. The topological polar surface area (TPSA) is 58.9 Å². The maximum absolute atomic E-state index is 9.95. The molecular formula is C11H10ClN3O. The van der Waals surface area contributed by atoms with Crippen molar-refractivity contribution in [2.24, 2.45) is 0 Å². The van der Waals surface area contributed by atoms with Crippen LogP contribution in [0.3, 0.4) is 0 Å². The zero-order chi connectivity index (χ0) is 11.4. The number of aliphatic hydroxyl groups is 1. The third-order valence-corrected chi connectivity index (χ3v) is 2.60. The highest BCUT2D eigenvalue weighted by Gasteiger charge is 2.10. The molecule has 2 rings (SSSR count). The van der Waals surface area contributed by atoms with Gasteiger partial charge in [0.05, 0.1) is 17.3 Å². The summed E-state index contributed by atoms with van der Waals surface area (Å²) in [5.74, 6) is 0. The summed E-state index contributed by atoms with van der Waals surface area (Å²) in [7, 11) is 0. The Bertz CT molecular complexity index is 464. The Morgan fingerprint density at radius 2 is 2.06 bits per heavy atom. The molecule has 0 spiro atoms. The molecule has 2 aromatic heterocycles. The molecule has 1 N–H and O–H groups in total. The van der Waals surface area contributed by atoms with Crippen molar-refractivity contribution in [1.82, 2.24) is 15.2 Å². The summed E-state index contributed by atoms with van der Waals surface area (Å²) < 4.78 is 0. The van der Waals surface area contributed by atoms with E-state index in [1.807, 2.05) is 0 Å². The third-order valence-electron chi connectivity index (χ3n) is 2.26. The van der Waals surface area contributed by atoms with Crippen molar-refractivity contribution < 1.29 is 5.11 Å². The summed E-state index contributed by atoms with van der Waals surface area (Å²) in [6.45, 7) is 0. The second-order valence-corrected chi connectivity index (χ2v) is 3.77. The van der Waals surface area contributed by atoms with Gasteiger partial charge in [-0.2, -0.15) is 10.2 Å². The van der Waals surface area contributed by atoms with Gasteiger partial charge in [0.25, 0.3) is 0 Å². The highest BCUT2D eigenvalue weighted by molar-refractivity contribution is 6.31. The van der Waals surface area contributed by atoms with Crippen LogP contribution in [0.4, 0.5) is 0 Å². The van der Waals surface area contributed by atoms with Gasteiger partial charge in [0, 0.05) is 30.6 Å². The van der Waals surface area contributed by atoms with Gasteiger partial charge in [-0.15, -0.1) is 0 Å². The van der Waals surface area contributed by atoms with Gasteiger partial charge in [-0.25, -0.2) is 0 Å². The second kappa shape index (κ2) is 5.01. The van der Waals surface area contributed by atoms with Gasteiger partial charge in [0.2, 0.25) is 0 Å². The minimum Gasteiger partial charge on any atom is -0.388 e. The molecule has 0 fully saturated rings. The molecule has 1 atom stereocenters. The van der Waals surface area contributed by atoms with Crippen LogP contribution >= 0.6 is 11.6 Å². The molecule has 82 valence electrons. The molecular weight excluding hydrogens is 226 g/mol. The van der Waals surface area contributed by atoms with Gasteiger partial charge >= 0.3 is 0 Å². The molecule has 2 heterocycles. The number of aromatic nitrogens is 3. The van der Waals surface area contributed by atoms with Crippen LogP contribution in [0.2, 0.25) is 5.02 Å². The van der Waals surface area contributed by atoms with Crippen molar-refractivity contribution in [2.45, 2.75) is 12.5 Å². The minimum atomic E-state index is -0.629. The maximum atomic E-state index is 9.95. The van der Waals surface area contributed by atoms with Gasteiger partial charge < -0.3 is 5.11 Å². The summed E-state index contributed by atoms with van der Waals surface area (Å²) in [6.07, 6.45) is 6.11. The predicted octanol–water partition coefficient (Wildman–Crippen LogP) is 1.80. The van der Waals surface area contributed by atoms with E-state index >= 15 is 0 Å². The molecule has 16 heavy (non-hydrogen) atoms. The molecule has 0 saturated carbocycles. The fourth-order valence-electron chi connectivity index (χ4n) is 1.39. The van der Waals surface area contributed by atoms with Crippen molar-refractivity contribution in [2.75, 3.05) is 0 Å². The quantitative estimate of drug-likeness (QED) is 0.882. The van der Waals surface area contributed by atoms with Gasteiger partial charge in [-0.05, 0) is 17.7 Å². The first-order chi connectivity index (χ1) is 7.77. The Balaban J connectivity index is 2.14. The number of aliphatic hydroxyl groups excluding tert-OH is 1. The second-order valence-electron chi connectivity index (χ2n) is 3.36. The van der Waals surface area contributed by atoms with Crippen LogP contribution in [0.15, 0.2) is 36.9 Å². The average Bonchev–Trinajstić information content (AvgIpc) is 2.33. The van der Waals surface area contributed by atoms with E-state index in [2.05, 4.69) is 15.2 Å². The summed E-state index contributed by atoms with van der Waals surface area (Å²) in [4.78, 5) is 3.89. The lowest BCUT2D eigenvalue weighted by molar-refractivity contribution is 0.178. The highest BCUT2D eigenvalue weighted by Crippen LogP contribution is 2.21. The monoisotopic (exact) mass is 235 g/mol. The van der Waals surface area contributed by atoms with Crippen LogP contribution in [-0.4, -0.2) is 20.3 Å². The zero-order valence-corrected chi connectivity index (χ0v) is 9.17. The van der Waals surface area contributed by atoms with Gasteiger partial charge in [-0.1, -0.05) is 11.6 Å². The fraction of sp³-hybridized carbons (Fsp3) is 0.182. The largest absolute Gasteiger partial charge is 0.388 e. The zero-order valence-electron chi connectivity index (χ0n) is 8.42. The lowest BCUT2D eigenvalue weighted by Gasteiger charge is -2.10. The number of nitrogens with zero attached hydrogens (tertiary/aromatic N) is 3. The summed E-state index contributed by atoms with van der Waals surface area (Å²) in [5, 5.41) is 17.9. The number of rotatable bonds is 3. The molecule has 0 aliphatic rings. The van der Waals surface area contributed by atoms with E-state index in [0.717, 1.165) is 11.1 Å². The summed E-state index contributed by atoms with van der Waals surface area (Å²) in [5.41, 5.74) is 1.59. The Morgan fingerprint density at radius 1 is 1.19 bits per heavy atom. The lowest BCUT2D eigenvalue weighted by Crippen LogP contribution is -2.03. The van der Waals surface area contributed by atoms with Gasteiger partial charge in [-0.3, -0.25) is 4.98 Å². The Kier molecular flexibility index (Phi) is 3.44. The number of hydrogen-bond acceptors (Lipinski definition) is 4. The summed E-state index contributed by atoms with van der Waals surface area (Å²) in [6, 6.07) is 3.52. The van der Waals surface area contributed by atoms with Gasteiger partial charge in [0.1, 0.15) is 0 Å². The van der Waals surface area contributed by atoms with Crippen LogP contribution < -0.4 is 0 Å². The Morgan fingerprint density at radius 3 is 2.75 bits per heavy atom. The Labute approximate surface area is 97.9 Å². The van der Waals surface area contributed by atoms with Crippen LogP contribution in [0.1, 0.15) is 17.2 Å². The molecule has 5 heteroatoms. The predicted molar refractivity (Wildman–Crippen MR) is 59.9 cm³/mol. The molecule has 4 nitrogen and oxygen atoms in total. The molecule has 0 saturated heterocycles. The van der Waals surface area contributed by atoms with Crippen molar-refractivity contribution in [3.05, 3.63) is 53.1 Å². The van der Waals surface area contributed by atoms with E-state index in [0.29, 0.717) is 11.4 Å². The fourth-order valence-corrected chi connectivity index (χ4v) is 1.59. The SMILES string of the molecule is OC(Cc1ccncc1Cl)c1ccnnc1. The van der Waals surface area contributed by atoms with E-state index in [1.165, 1.54) is 0 Å².